The van der Waals surface area contributed by atoms with Gasteiger partial charge in [0.1, 0.15) is 11.8 Å². The van der Waals surface area contributed by atoms with Crippen molar-refractivity contribution >= 4 is 40.7 Å². The summed E-state index contributed by atoms with van der Waals surface area (Å²) in [6.45, 7) is 1.35. The monoisotopic (exact) mass is 483 g/mol. The van der Waals surface area contributed by atoms with Crippen LogP contribution in [-0.2, 0) is 16.1 Å². The number of halogens is 2. The molecule has 11 heteroatoms. The molecule has 0 unspecified atom stereocenters. The molecule has 32 heavy (non-hydrogen) atoms. The second-order valence-electron chi connectivity index (χ2n) is 6.64. The molecule has 1 atom stereocenters. The van der Waals surface area contributed by atoms with Crippen LogP contribution in [0.4, 0.5) is 5.69 Å². The van der Waals surface area contributed by atoms with Crippen LogP contribution in [0.15, 0.2) is 36.4 Å². The number of amides is 2. The van der Waals surface area contributed by atoms with Gasteiger partial charge in [-0.2, -0.15) is 0 Å². The molecule has 0 fully saturated rings. The molecule has 2 rings (SSSR count). The number of nitro groups is 1. The van der Waals surface area contributed by atoms with Crippen molar-refractivity contribution < 1.29 is 24.0 Å². The summed E-state index contributed by atoms with van der Waals surface area (Å²) in [5, 5.41) is 14.3. The Morgan fingerprint density at radius 2 is 1.88 bits per heavy atom. The largest absolute Gasteiger partial charge is 0.490 e. The van der Waals surface area contributed by atoms with Crippen LogP contribution in [0.2, 0.25) is 10.0 Å². The lowest BCUT2D eigenvalue weighted by Gasteiger charge is -2.30. The molecule has 0 bridgehead atoms. The predicted octanol–water partition coefficient (Wildman–Crippen LogP) is 3.84. The Balaban J connectivity index is 2.28. The highest BCUT2D eigenvalue weighted by atomic mass is 35.5. The van der Waals surface area contributed by atoms with E-state index >= 15 is 0 Å². The summed E-state index contributed by atoms with van der Waals surface area (Å²) in [6.07, 6.45) is 0.346. The first kappa shape index (κ1) is 25.2. The molecule has 0 aromatic heterocycles. The van der Waals surface area contributed by atoms with Gasteiger partial charge in [-0.05, 0) is 24.6 Å². The van der Waals surface area contributed by atoms with E-state index in [1.54, 1.807) is 25.1 Å². The minimum absolute atomic E-state index is 0.00329. The number of hydrogen-bond acceptors (Lipinski definition) is 6. The van der Waals surface area contributed by atoms with E-state index in [-0.39, 0.29) is 29.6 Å². The number of nitro benzene ring substituents is 1. The third-order valence-corrected chi connectivity index (χ3v) is 5.44. The molecule has 0 spiro atoms. The molecule has 0 aliphatic carbocycles. The van der Waals surface area contributed by atoms with Crippen LogP contribution in [0.1, 0.15) is 18.9 Å². The van der Waals surface area contributed by atoms with Crippen LogP contribution in [0.3, 0.4) is 0 Å². The average Bonchev–Trinajstić information content (AvgIpc) is 2.78. The summed E-state index contributed by atoms with van der Waals surface area (Å²) in [6, 6.07) is 8.09. The molecule has 9 nitrogen and oxygen atoms in total. The van der Waals surface area contributed by atoms with Crippen LogP contribution in [0.25, 0.3) is 0 Å². The Hall–Kier alpha value is -3.04. The number of nitrogens with one attached hydrogen (secondary N) is 1. The first-order chi connectivity index (χ1) is 15.2. The zero-order valence-electron chi connectivity index (χ0n) is 17.8. The zero-order chi connectivity index (χ0) is 23.8. The van der Waals surface area contributed by atoms with Gasteiger partial charge in [0.25, 0.3) is 5.91 Å². The van der Waals surface area contributed by atoms with E-state index in [0.717, 1.165) is 0 Å². The van der Waals surface area contributed by atoms with Crippen LogP contribution in [0.5, 0.6) is 11.5 Å². The third-order valence-electron chi connectivity index (χ3n) is 4.73. The number of carbonyl (C=O) groups excluding carboxylic acids is 2. The fraction of sp³-hybridized carbons (Fsp3) is 0.333. The minimum Gasteiger partial charge on any atom is -0.490 e. The number of nitrogens with zero attached hydrogens (tertiary/aromatic N) is 2. The van der Waals surface area contributed by atoms with Gasteiger partial charge >= 0.3 is 5.69 Å². The lowest BCUT2D eigenvalue weighted by molar-refractivity contribution is -0.385. The molecule has 172 valence electrons. The van der Waals surface area contributed by atoms with Crippen LogP contribution < -0.4 is 14.8 Å². The molecule has 2 aromatic carbocycles. The summed E-state index contributed by atoms with van der Waals surface area (Å²) in [5.74, 6) is -0.643. The van der Waals surface area contributed by atoms with Crippen molar-refractivity contribution in [1.29, 1.82) is 0 Å². The Kier molecular flexibility index (Phi) is 9.10. The standard InChI is InChI=1S/C21H23Cl2N3O6/c1-4-17(21(28)24-2)25(11-14-15(22)6-5-7-16(14)23)20(27)12-32-13-8-9-18(26(29)30)19(10-13)31-3/h5-10,17H,4,11-12H2,1-3H3,(H,24,28)/t17-/m0/s1. The zero-order valence-corrected chi connectivity index (χ0v) is 19.3. The SMILES string of the molecule is CC[C@@H](C(=O)NC)N(Cc1c(Cl)cccc1Cl)C(=O)COc1ccc([N+](=O)[O-])c(OC)c1. The van der Waals surface area contributed by atoms with Crippen molar-refractivity contribution in [2.75, 3.05) is 20.8 Å². The highest BCUT2D eigenvalue weighted by Gasteiger charge is 2.29. The summed E-state index contributed by atoms with van der Waals surface area (Å²) < 4.78 is 10.6. The van der Waals surface area contributed by atoms with E-state index in [1.807, 2.05) is 0 Å². The van der Waals surface area contributed by atoms with Gasteiger partial charge in [0.2, 0.25) is 11.7 Å². The summed E-state index contributed by atoms with van der Waals surface area (Å²) in [5.41, 5.74) is 0.273. The predicted molar refractivity (Wildman–Crippen MR) is 120 cm³/mol. The van der Waals surface area contributed by atoms with Gasteiger partial charge in [-0.25, -0.2) is 0 Å². The molecular formula is C21H23Cl2N3O6. The Bertz CT molecular complexity index is 981. The van der Waals surface area contributed by atoms with E-state index < -0.39 is 23.5 Å². The van der Waals surface area contributed by atoms with Crippen molar-refractivity contribution in [1.82, 2.24) is 10.2 Å². The second kappa shape index (κ2) is 11.5. The molecule has 2 amide bonds. The number of likely N-dealkylation sites (N-methyl/N-ethyl adjacent to an activating group) is 1. The van der Waals surface area contributed by atoms with Crippen molar-refractivity contribution in [3.63, 3.8) is 0 Å². The molecule has 2 aromatic rings. The normalized spacial score (nSPS) is 11.4. The van der Waals surface area contributed by atoms with E-state index in [2.05, 4.69) is 5.32 Å². The first-order valence-electron chi connectivity index (χ1n) is 9.62. The molecule has 1 N–H and O–H groups in total. The number of hydrogen-bond donors (Lipinski definition) is 1. The topological polar surface area (TPSA) is 111 Å². The smallest absolute Gasteiger partial charge is 0.311 e. The van der Waals surface area contributed by atoms with E-state index in [0.29, 0.717) is 22.0 Å². The fourth-order valence-electron chi connectivity index (χ4n) is 3.07. The van der Waals surface area contributed by atoms with Crippen molar-refractivity contribution in [3.8, 4) is 11.5 Å². The van der Waals surface area contributed by atoms with E-state index in [4.69, 9.17) is 32.7 Å². The Morgan fingerprint density at radius 1 is 1.22 bits per heavy atom. The maximum atomic E-state index is 13.1. The quantitative estimate of drug-likeness (QED) is 0.405. The highest BCUT2D eigenvalue weighted by molar-refractivity contribution is 6.36. The lowest BCUT2D eigenvalue weighted by Crippen LogP contribution is -2.49. The van der Waals surface area contributed by atoms with Crippen LogP contribution >= 0.6 is 23.2 Å². The van der Waals surface area contributed by atoms with Gasteiger partial charge in [-0.3, -0.25) is 19.7 Å². The Morgan fingerprint density at radius 3 is 2.41 bits per heavy atom. The maximum Gasteiger partial charge on any atom is 0.311 e. The molecular weight excluding hydrogens is 461 g/mol. The van der Waals surface area contributed by atoms with Gasteiger partial charge in [0.05, 0.1) is 12.0 Å². The molecule has 0 aliphatic heterocycles. The number of methoxy groups -OCH3 is 1. The fourth-order valence-corrected chi connectivity index (χ4v) is 3.58. The summed E-state index contributed by atoms with van der Waals surface area (Å²) in [4.78, 5) is 37.3. The minimum atomic E-state index is -0.783. The van der Waals surface area contributed by atoms with Gasteiger partial charge in [-0.1, -0.05) is 36.2 Å². The first-order valence-corrected chi connectivity index (χ1v) is 10.4. The molecule has 0 saturated carbocycles. The number of benzene rings is 2. The van der Waals surface area contributed by atoms with Crippen LogP contribution in [0, 0.1) is 10.1 Å². The van der Waals surface area contributed by atoms with Gasteiger partial charge in [-0.15, -0.1) is 0 Å². The Labute approximate surface area is 195 Å². The van der Waals surface area contributed by atoms with Crippen LogP contribution in [-0.4, -0.2) is 48.4 Å². The second-order valence-corrected chi connectivity index (χ2v) is 7.45. The number of rotatable bonds is 10. The molecule has 0 radical (unpaired) electrons. The molecule has 0 heterocycles. The van der Waals surface area contributed by atoms with Gasteiger partial charge in [0.15, 0.2) is 6.61 Å². The lowest BCUT2D eigenvalue weighted by atomic mass is 10.1. The molecule has 0 aliphatic rings. The maximum absolute atomic E-state index is 13.1. The van der Waals surface area contributed by atoms with Crippen molar-refractivity contribution in [3.05, 3.63) is 62.1 Å². The van der Waals surface area contributed by atoms with Gasteiger partial charge in [0, 0.05) is 41.3 Å². The van der Waals surface area contributed by atoms with Crippen molar-refractivity contribution in [2.24, 2.45) is 0 Å². The van der Waals surface area contributed by atoms with E-state index in [9.17, 15) is 19.7 Å². The highest BCUT2D eigenvalue weighted by Crippen LogP contribution is 2.31. The van der Waals surface area contributed by atoms with Crippen molar-refractivity contribution in [2.45, 2.75) is 25.9 Å². The van der Waals surface area contributed by atoms with Gasteiger partial charge < -0.3 is 19.7 Å². The molecule has 0 saturated heterocycles. The average molecular weight is 484 g/mol. The number of ether oxygens (including phenoxy) is 2. The number of carbonyl (C=O) groups is 2. The summed E-state index contributed by atoms with van der Waals surface area (Å²) >= 11 is 12.5. The summed E-state index contributed by atoms with van der Waals surface area (Å²) in [7, 11) is 2.78. The third kappa shape index (κ3) is 6.02. The van der Waals surface area contributed by atoms with E-state index in [1.165, 1.54) is 37.3 Å².